The summed E-state index contributed by atoms with van der Waals surface area (Å²) in [5.41, 5.74) is 8.06. The number of phenols is 1. The second-order valence-electron chi connectivity index (χ2n) is 4.61. The van der Waals surface area contributed by atoms with Crippen LogP contribution in [0, 0.1) is 0 Å². The van der Waals surface area contributed by atoms with Gasteiger partial charge >= 0.3 is 0 Å². The molecular weight excluding hydrogens is 290 g/mol. The molecule has 0 saturated carbocycles. The van der Waals surface area contributed by atoms with Gasteiger partial charge < -0.3 is 15.4 Å². The molecule has 0 radical (unpaired) electrons. The third-order valence-electron chi connectivity index (χ3n) is 3.03. The first-order valence-corrected chi connectivity index (χ1v) is 6.64. The number of aromatic hydroxyl groups is 1. The minimum Gasteiger partial charge on any atom is -0.508 e. The minimum absolute atomic E-state index is 0.231. The summed E-state index contributed by atoms with van der Waals surface area (Å²) < 4.78 is 5.31. The van der Waals surface area contributed by atoms with Gasteiger partial charge in [-0.25, -0.2) is 4.98 Å². The van der Waals surface area contributed by atoms with Gasteiger partial charge in [0.25, 0.3) is 0 Å². The standard InChI is InChI=1S/C15H12ClN3O2/c16-10-6-13(15(17)18-8-10)14-7-12(21-19-14)5-9-1-3-11(20)4-2-9/h1-4,6-8,20H,5H2,(H2,17,18). The van der Waals surface area contributed by atoms with E-state index < -0.39 is 0 Å². The number of phenolic OH excluding ortho intramolecular Hbond substituents is 1. The van der Waals surface area contributed by atoms with Crippen molar-refractivity contribution in [3.63, 3.8) is 0 Å². The summed E-state index contributed by atoms with van der Waals surface area (Å²) in [6, 6.07) is 10.4. The lowest BCUT2D eigenvalue weighted by atomic mass is 10.1. The molecule has 0 aliphatic heterocycles. The van der Waals surface area contributed by atoms with Crippen molar-refractivity contribution in [2.45, 2.75) is 6.42 Å². The lowest BCUT2D eigenvalue weighted by Gasteiger charge is -2.00. The molecule has 0 fully saturated rings. The van der Waals surface area contributed by atoms with E-state index in [1.54, 1.807) is 24.3 Å². The fourth-order valence-corrected chi connectivity index (χ4v) is 2.15. The monoisotopic (exact) mass is 301 g/mol. The lowest BCUT2D eigenvalue weighted by Crippen LogP contribution is -1.93. The highest BCUT2D eigenvalue weighted by molar-refractivity contribution is 6.30. The fourth-order valence-electron chi connectivity index (χ4n) is 1.99. The molecule has 2 heterocycles. The van der Waals surface area contributed by atoms with Gasteiger partial charge in [0, 0.05) is 24.2 Å². The lowest BCUT2D eigenvalue weighted by molar-refractivity contribution is 0.391. The Morgan fingerprint density at radius 3 is 2.71 bits per heavy atom. The molecule has 21 heavy (non-hydrogen) atoms. The van der Waals surface area contributed by atoms with E-state index in [4.69, 9.17) is 21.9 Å². The van der Waals surface area contributed by atoms with E-state index in [1.165, 1.54) is 6.20 Å². The summed E-state index contributed by atoms with van der Waals surface area (Å²) in [4.78, 5) is 3.99. The largest absolute Gasteiger partial charge is 0.508 e. The molecule has 0 aliphatic carbocycles. The van der Waals surface area contributed by atoms with Crippen LogP contribution in [0.3, 0.4) is 0 Å². The molecule has 1 aromatic carbocycles. The number of aromatic nitrogens is 2. The predicted octanol–water partition coefficient (Wildman–Crippen LogP) is 3.27. The van der Waals surface area contributed by atoms with Crippen molar-refractivity contribution < 1.29 is 9.63 Å². The Kier molecular flexibility index (Phi) is 3.50. The van der Waals surface area contributed by atoms with Crippen molar-refractivity contribution >= 4 is 17.4 Å². The van der Waals surface area contributed by atoms with Crippen LogP contribution in [0.25, 0.3) is 11.3 Å². The molecule has 5 nitrogen and oxygen atoms in total. The average Bonchev–Trinajstić information content (AvgIpc) is 2.92. The summed E-state index contributed by atoms with van der Waals surface area (Å²) in [6.07, 6.45) is 2.05. The molecule has 2 aromatic heterocycles. The predicted molar refractivity (Wildman–Crippen MR) is 80.1 cm³/mol. The topological polar surface area (TPSA) is 85.2 Å². The van der Waals surface area contributed by atoms with E-state index in [2.05, 4.69) is 10.1 Å². The van der Waals surface area contributed by atoms with Crippen molar-refractivity contribution in [3.8, 4) is 17.0 Å². The molecule has 0 spiro atoms. The van der Waals surface area contributed by atoms with E-state index >= 15 is 0 Å². The summed E-state index contributed by atoms with van der Waals surface area (Å²) in [6.45, 7) is 0. The molecule has 0 unspecified atom stereocenters. The van der Waals surface area contributed by atoms with Crippen LogP contribution in [0.2, 0.25) is 5.02 Å². The number of nitrogens with two attached hydrogens (primary N) is 1. The van der Waals surface area contributed by atoms with E-state index in [9.17, 15) is 5.11 Å². The SMILES string of the molecule is Nc1ncc(Cl)cc1-c1cc(Cc2ccc(O)cc2)on1. The second-order valence-corrected chi connectivity index (χ2v) is 5.04. The number of benzene rings is 1. The summed E-state index contributed by atoms with van der Waals surface area (Å²) in [5.74, 6) is 1.27. The van der Waals surface area contributed by atoms with Crippen LogP contribution < -0.4 is 5.73 Å². The van der Waals surface area contributed by atoms with Crippen LogP contribution in [0.1, 0.15) is 11.3 Å². The van der Waals surface area contributed by atoms with E-state index in [-0.39, 0.29) is 5.75 Å². The van der Waals surface area contributed by atoms with Gasteiger partial charge in [-0.05, 0) is 23.8 Å². The van der Waals surface area contributed by atoms with Gasteiger partial charge in [0.05, 0.1) is 5.02 Å². The van der Waals surface area contributed by atoms with Crippen LogP contribution in [-0.4, -0.2) is 15.2 Å². The van der Waals surface area contributed by atoms with Crippen molar-refractivity contribution in [2.75, 3.05) is 5.73 Å². The highest BCUT2D eigenvalue weighted by Crippen LogP contribution is 2.27. The fraction of sp³-hybridized carbons (Fsp3) is 0.0667. The molecule has 0 amide bonds. The zero-order valence-corrected chi connectivity index (χ0v) is 11.7. The Balaban J connectivity index is 1.86. The molecule has 3 aromatic rings. The normalized spacial score (nSPS) is 10.7. The quantitative estimate of drug-likeness (QED) is 0.775. The molecule has 106 valence electrons. The van der Waals surface area contributed by atoms with Crippen LogP contribution in [0.15, 0.2) is 47.1 Å². The Labute approximate surface area is 126 Å². The van der Waals surface area contributed by atoms with Gasteiger partial charge in [-0.2, -0.15) is 0 Å². The summed E-state index contributed by atoms with van der Waals surface area (Å²) in [5, 5.41) is 13.8. The van der Waals surface area contributed by atoms with Gasteiger partial charge in [-0.15, -0.1) is 0 Å². The third-order valence-corrected chi connectivity index (χ3v) is 3.24. The molecule has 0 saturated heterocycles. The highest BCUT2D eigenvalue weighted by atomic mass is 35.5. The second kappa shape index (κ2) is 5.46. The van der Waals surface area contributed by atoms with Gasteiger partial charge in [0.1, 0.15) is 23.0 Å². The Hall–Kier alpha value is -2.53. The number of hydrogen-bond donors (Lipinski definition) is 2. The summed E-state index contributed by atoms with van der Waals surface area (Å²) >= 11 is 5.92. The van der Waals surface area contributed by atoms with Crippen molar-refractivity contribution in [2.24, 2.45) is 0 Å². The Bertz CT molecular complexity index is 769. The highest BCUT2D eigenvalue weighted by Gasteiger charge is 2.11. The van der Waals surface area contributed by atoms with Crippen LogP contribution in [-0.2, 0) is 6.42 Å². The first-order chi connectivity index (χ1) is 10.1. The number of anilines is 1. The number of hydrogen-bond acceptors (Lipinski definition) is 5. The minimum atomic E-state index is 0.231. The van der Waals surface area contributed by atoms with Gasteiger partial charge in [-0.1, -0.05) is 28.9 Å². The average molecular weight is 302 g/mol. The zero-order valence-electron chi connectivity index (χ0n) is 11.0. The Morgan fingerprint density at radius 2 is 1.95 bits per heavy atom. The van der Waals surface area contributed by atoms with E-state index in [1.807, 2.05) is 12.1 Å². The van der Waals surface area contributed by atoms with Crippen LogP contribution in [0.4, 0.5) is 5.82 Å². The first kappa shape index (κ1) is 13.5. The van der Waals surface area contributed by atoms with E-state index in [0.717, 1.165) is 5.56 Å². The molecule has 0 atom stereocenters. The maximum atomic E-state index is 9.26. The Morgan fingerprint density at radius 1 is 1.19 bits per heavy atom. The van der Waals surface area contributed by atoms with Crippen LogP contribution in [0.5, 0.6) is 5.75 Å². The first-order valence-electron chi connectivity index (χ1n) is 6.27. The number of halogens is 1. The maximum absolute atomic E-state index is 9.26. The van der Waals surface area contributed by atoms with Crippen molar-refractivity contribution in [3.05, 3.63) is 58.9 Å². The van der Waals surface area contributed by atoms with Crippen molar-refractivity contribution in [1.29, 1.82) is 0 Å². The number of rotatable bonds is 3. The molecular formula is C15H12ClN3O2. The zero-order chi connectivity index (χ0) is 14.8. The van der Waals surface area contributed by atoms with Gasteiger partial charge in [0.2, 0.25) is 0 Å². The number of pyridine rings is 1. The summed E-state index contributed by atoms with van der Waals surface area (Å²) in [7, 11) is 0. The molecule has 0 aliphatic rings. The van der Waals surface area contributed by atoms with E-state index in [0.29, 0.717) is 34.3 Å². The number of nitrogens with zero attached hydrogens (tertiary/aromatic N) is 2. The van der Waals surface area contributed by atoms with Crippen LogP contribution >= 0.6 is 11.6 Å². The van der Waals surface area contributed by atoms with Gasteiger partial charge in [0.15, 0.2) is 0 Å². The smallest absolute Gasteiger partial charge is 0.141 e. The maximum Gasteiger partial charge on any atom is 0.141 e. The third kappa shape index (κ3) is 2.98. The van der Waals surface area contributed by atoms with Crippen molar-refractivity contribution in [1.82, 2.24) is 10.1 Å². The number of nitrogen functional groups attached to an aromatic ring is 1. The molecule has 0 bridgehead atoms. The van der Waals surface area contributed by atoms with Gasteiger partial charge in [-0.3, -0.25) is 0 Å². The molecule has 3 rings (SSSR count). The molecule has 3 N–H and O–H groups in total. The molecule has 6 heteroatoms.